The molecule has 0 atom stereocenters. The molecule has 0 fully saturated rings. The fourth-order valence-electron chi connectivity index (χ4n) is 2.46. The third-order valence-electron chi connectivity index (χ3n) is 3.81. The van der Waals surface area contributed by atoms with E-state index in [1.54, 1.807) is 24.3 Å². The summed E-state index contributed by atoms with van der Waals surface area (Å²) in [6.07, 6.45) is 3.27. The van der Waals surface area contributed by atoms with Crippen LogP contribution in [0.4, 0.5) is 5.69 Å². The largest absolute Gasteiger partial charge is 0.323 e. The molecule has 3 N–H and O–H groups in total. The topological polar surface area (TPSA) is 77.8 Å². The number of anilines is 1. The van der Waals surface area contributed by atoms with E-state index in [2.05, 4.69) is 41.3 Å². The van der Waals surface area contributed by atoms with Crippen LogP contribution in [0.1, 0.15) is 30.9 Å². The molecule has 0 saturated heterocycles. The Kier molecular flexibility index (Phi) is 4.33. The van der Waals surface area contributed by atoms with Crippen molar-refractivity contribution in [1.82, 2.24) is 9.97 Å². The van der Waals surface area contributed by atoms with Crippen molar-refractivity contribution >= 4 is 28.7 Å². The highest BCUT2D eigenvalue weighted by molar-refractivity contribution is 6.02. The van der Waals surface area contributed by atoms with Gasteiger partial charge in [0.15, 0.2) is 0 Å². The lowest BCUT2D eigenvalue weighted by molar-refractivity contribution is -0.111. The van der Waals surface area contributed by atoms with E-state index in [1.807, 2.05) is 12.1 Å². The van der Waals surface area contributed by atoms with Crippen LogP contribution < -0.4 is 11.0 Å². The number of amides is 1. The number of aromatic amines is 2. The van der Waals surface area contributed by atoms with Gasteiger partial charge >= 0.3 is 5.69 Å². The van der Waals surface area contributed by atoms with Crippen molar-refractivity contribution < 1.29 is 4.79 Å². The minimum absolute atomic E-state index is 0.222. The molecule has 0 aliphatic heterocycles. The molecule has 0 bridgehead atoms. The van der Waals surface area contributed by atoms with Gasteiger partial charge in [-0.3, -0.25) is 4.79 Å². The van der Waals surface area contributed by atoms with Crippen molar-refractivity contribution in [3.63, 3.8) is 0 Å². The molecule has 0 radical (unpaired) electrons. The summed E-state index contributed by atoms with van der Waals surface area (Å²) in [7, 11) is 0. The first-order valence-corrected chi connectivity index (χ1v) is 7.82. The zero-order chi connectivity index (χ0) is 17.1. The molecular weight excluding hydrogens is 302 g/mol. The van der Waals surface area contributed by atoms with E-state index in [4.69, 9.17) is 0 Å². The molecule has 0 saturated carbocycles. The van der Waals surface area contributed by atoms with Crippen LogP contribution in [0, 0.1) is 0 Å². The van der Waals surface area contributed by atoms with Crippen LogP contribution in [0.25, 0.3) is 17.1 Å². The molecule has 0 aliphatic rings. The first kappa shape index (κ1) is 15.8. The van der Waals surface area contributed by atoms with E-state index < -0.39 is 0 Å². The summed E-state index contributed by atoms with van der Waals surface area (Å²) in [4.78, 5) is 28.6. The molecule has 24 heavy (non-hydrogen) atoms. The third kappa shape index (κ3) is 3.63. The maximum Gasteiger partial charge on any atom is 0.323 e. The summed E-state index contributed by atoms with van der Waals surface area (Å²) in [5, 5.41) is 2.78. The number of carbonyl (C=O) groups excluding carboxylic acids is 1. The standard InChI is InChI=1S/C19H19N3O2/c1-12(2)14-6-3-13(4-7-14)5-10-18(23)20-15-8-9-16-17(11-15)22-19(24)21-16/h3-12H,1-2H3,(H,20,23)(H2,21,22,24)/b10-5+. The Morgan fingerprint density at radius 1 is 1.04 bits per heavy atom. The van der Waals surface area contributed by atoms with E-state index in [1.165, 1.54) is 11.6 Å². The van der Waals surface area contributed by atoms with Gasteiger partial charge in [0.2, 0.25) is 5.91 Å². The van der Waals surface area contributed by atoms with Crippen LogP contribution in [0.15, 0.2) is 53.3 Å². The van der Waals surface area contributed by atoms with Gasteiger partial charge in [0.05, 0.1) is 11.0 Å². The second-order valence-corrected chi connectivity index (χ2v) is 5.98. The fourth-order valence-corrected chi connectivity index (χ4v) is 2.46. The lowest BCUT2D eigenvalue weighted by Crippen LogP contribution is -2.07. The van der Waals surface area contributed by atoms with E-state index in [9.17, 15) is 9.59 Å². The number of rotatable bonds is 4. The summed E-state index contributed by atoms with van der Waals surface area (Å²) >= 11 is 0. The average Bonchev–Trinajstić information content (AvgIpc) is 2.92. The maximum atomic E-state index is 12.0. The van der Waals surface area contributed by atoms with E-state index in [-0.39, 0.29) is 11.6 Å². The van der Waals surface area contributed by atoms with Crippen LogP contribution in [0.3, 0.4) is 0 Å². The summed E-state index contributed by atoms with van der Waals surface area (Å²) in [5.41, 5.74) is 3.97. The van der Waals surface area contributed by atoms with Gasteiger partial charge in [0, 0.05) is 11.8 Å². The monoisotopic (exact) mass is 321 g/mol. The second-order valence-electron chi connectivity index (χ2n) is 5.98. The van der Waals surface area contributed by atoms with Crippen molar-refractivity contribution in [3.05, 3.63) is 70.2 Å². The Labute approximate surface area is 139 Å². The fraction of sp³-hybridized carbons (Fsp3) is 0.158. The Morgan fingerprint density at radius 2 is 1.75 bits per heavy atom. The van der Waals surface area contributed by atoms with Gasteiger partial charge in [-0.15, -0.1) is 0 Å². The summed E-state index contributed by atoms with van der Waals surface area (Å²) in [6.45, 7) is 4.29. The zero-order valence-electron chi connectivity index (χ0n) is 13.6. The number of carbonyl (C=O) groups is 1. The van der Waals surface area contributed by atoms with Gasteiger partial charge in [0.1, 0.15) is 0 Å². The van der Waals surface area contributed by atoms with Crippen molar-refractivity contribution in [3.8, 4) is 0 Å². The van der Waals surface area contributed by atoms with Gasteiger partial charge in [-0.05, 0) is 41.3 Å². The van der Waals surface area contributed by atoms with Crippen molar-refractivity contribution in [2.75, 3.05) is 5.32 Å². The average molecular weight is 321 g/mol. The number of hydrogen-bond acceptors (Lipinski definition) is 2. The molecule has 2 aromatic carbocycles. The maximum absolute atomic E-state index is 12.0. The molecule has 0 unspecified atom stereocenters. The highest BCUT2D eigenvalue weighted by Gasteiger charge is 2.02. The van der Waals surface area contributed by atoms with Crippen LogP contribution in [-0.4, -0.2) is 15.9 Å². The summed E-state index contributed by atoms with van der Waals surface area (Å²) in [6, 6.07) is 13.3. The number of benzene rings is 2. The molecule has 1 aromatic heterocycles. The molecule has 1 heterocycles. The highest BCUT2D eigenvalue weighted by atomic mass is 16.1. The molecular formula is C19H19N3O2. The summed E-state index contributed by atoms with van der Waals surface area (Å²) < 4.78 is 0. The number of hydrogen-bond donors (Lipinski definition) is 3. The van der Waals surface area contributed by atoms with Crippen LogP contribution in [0.2, 0.25) is 0 Å². The molecule has 0 aliphatic carbocycles. The predicted octanol–water partition coefficient (Wildman–Crippen LogP) is 3.63. The number of fused-ring (bicyclic) bond motifs is 1. The van der Waals surface area contributed by atoms with E-state index in [0.29, 0.717) is 22.6 Å². The smallest absolute Gasteiger partial charge is 0.322 e. The van der Waals surface area contributed by atoms with E-state index >= 15 is 0 Å². The highest BCUT2D eigenvalue weighted by Crippen LogP contribution is 2.16. The number of nitrogens with one attached hydrogen (secondary N) is 3. The normalized spacial score (nSPS) is 11.5. The Morgan fingerprint density at radius 3 is 2.46 bits per heavy atom. The molecule has 122 valence electrons. The third-order valence-corrected chi connectivity index (χ3v) is 3.81. The molecule has 5 nitrogen and oxygen atoms in total. The Balaban J connectivity index is 1.68. The number of imidazole rings is 1. The lowest BCUT2D eigenvalue weighted by atomic mass is 10.0. The van der Waals surface area contributed by atoms with Gasteiger partial charge in [-0.1, -0.05) is 38.1 Å². The zero-order valence-corrected chi connectivity index (χ0v) is 13.6. The molecule has 0 spiro atoms. The van der Waals surface area contributed by atoms with Crippen molar-refractivity contribution in [2.24, 2.45) is 0 Å². The Hall–Kier alpha value is -3.08. The molecule has 1 amide bonds. The Bertz CT molecular complexity index is 947. The SMILES string of the molecule is CC(C)c1ccc(/C=C/C(=O)Nc2ccc3[nH]c(=O)[nH]c3c2)cc1. The summed E-state index contributed by atoms with van der Waals surface area (Å²) in [5.74, 6) is 0.265. The van der Waals surface area contributed by atoms with Crippen molar-refractivity contribution in [2.45, 2.75) is 19.8 Å². The molecule has 3 aromatic rings. The minimum Gasteiger partial charge on any atom is -0.322 e. The number of H-pyrrole nitrogens is 2. The van der Waals surface area contributed by atoms with Crippen LogP contribution in [-0.2, 0) is 4.79 Å². The lowest BCUT2D eigenvalue weighted by Gasteiger charge is -2.05. The predicted molar refractivity (Wildman–Crippen MR) is 97.1 cm³/mol. The van der Waals surface area contributed by atoms with E-state index in [0.717, 1.165) is 5.56 Å². The van der Waals surface area contributed by atoms with Gasteiger partial charge in [-0.2, -0.15) is 0 Å². The first-order chi connectivity index (χ1) is 11.5. The first-order valence-electron chi connectivity index (χ1n) is 7.82. The molecule has 5 heteroatoms. The molecule has 3 rings (SSSR count). The van der Waals surface area contributed by atoms with Gasteiger partial charge < -0.3 is 15.3 Å². The van der Waals surface area contributed by atoms with Gasteiger partial charge in [0.25, 0.3) is 0 Å². The van der Waals surface area contributed by atoms with Crippen molar-refractivity contribution in [1.29, 1.82) is 0 Å². The van der Waals surface area contributed by atoms with Crippen LogP contribution >= 0.6 is 0 Å². The van der Waals surface area contributed by atoms with Gasteiger partial charge in [-0.25, -0.2) is 4.79 Å². The number of aromatic nitrogens is 2. The second kappa shape index (κ2) is 6.58. The van der Waals surface area contributed by atoms with Crippen LogP contribution in [0.5, 0.6) is 0 Å². The quantitative estimate of drug-likeness (QED) is 0.642. The minimum atomic E-state index is -0.266.